The van der Waals surface area contributed by atoms with Gasteiger partial charge >= 0.3 is 0 Å². The minimum Gasteiger partial charge on any atom is -0.349 e. The Morgan fingerprint density at radius 1 is 1.14 bits per heavy atom. The van der Waals surface area contributed by atoms with Crippen molar-refractivity contribution in [3.05, 3.63) is 58.4 Å². The van der Waals surface area contributed by atoms with Crippen molar-refractivity contribution in [3.63, 3.8) is 0 Å². The van der Waals surface area contributed by atoms with Gasteiger partial charge in [-0.1, -0.05) is 24.6 Å². The van der Waals surface area contributed by atoms with Crippen molar-refractivity contribution in [2.24, 2.45) is 0 Å². The molecule has 0 saturated heterocycles. The predicted molar refractivity (Wildman–Crippen MR) is 88.8 cm³/mol. The third kappa shape index (κ3) is 3.06. The molecule has 0 bridgehead atoms. The van der Waals surface area contributed by atoms with E-state index in [0.29, 0.717) is 6.04 Å². The molecule has 1 N–H and O–H groups in total. The van der Waals surface area contributed by atoms with Gasteiger partial charge in [-0.05, 0) is 68.0 Å². The van der Waals surface area contributed by atoms with Crippen LogP contribution in [-0.4, -0.2) is 11.6 Å². The van der Waals surface area contributed by atoms with Crippen LogP contribution in [0.5, 0.6) is 0 Å². The number of nitrogens with one attached hydrogen (secondary N) is 1. The zero-order valence-corrected chi connectivity index (χ0v) is 13.4. The van der Waals surface area contributed by atoms with Crippen LogP contribution >= 0.6 is 0 Å². The molecular formula is C19H26N2. The fourth-order valence-electron chi connectivity index (χ4n) is 3.42. The van der Waals surface area contributed by atoms with E-state index in [2.05, 4.69) is 61.4 Å². The van der Waals surface area contributed by atoms with Crippen molar-refractivity contribution in [3.8, 4) is 0 Å². The molecule has 0 spiro atoms. The van der Waals surface area contributed by atoms with E-state index < -0.39 is 0 Å². The Hall–Kier alpha value is -1.54. The van der Waals surface area contributed by atoms with Crippen molar-refractivity contribution in [2.75, 3.05) is 7.05 Å². The number of benzene rings is 1. The summed E-state index contributed by atoms with van der Waals surface area (Å²) in [5.41, 5.74) is 7.20. The second-order valence-corrected chi connectivity index (χ2v) is 6.42. The molecule has 1 aliphatic carbocycles. The van der Waals surface area contributed by atoms with Crippen molar-refractivity contribution in [1.82, 2.24) is 9.88 Å². The van der Waals surface area contributed by atoms with Gasteiger partial charge in [0.05, 0.1) is 0 Å². The highest BCUT2D eigenvalue weighted by Gasteiger charge is 2.19. The summed E-state index contributed by atoms with van der Waals surface area (Å²) in [5, 5.41) is 3.48. The van der Waals surface area contributed by atoms with Gasteiger partial charge in [0.25, 0.3) is 0 Å². The van der Waals surface area contributed by atoms with Gasteiger partial charge in [-0.2, -0.15) is 0 Å². The lowest BCUT2D eigenvalue weighted by Crippen LogP contribution is -2.15. The van der Waals surface area contributed by atoms with Gasteiger partial charge in [0.1, 0.15) is 0 Å². The molecular weight excluding hydrogens is 256 g/mol. The highest BCUT2D eigenvalue weighted by Crippen LogP contribution is 2.29. The maximum Gasteiger partial charge on any atom is 0.0470 e. The van der Waals surface area contributed by atoms with Crippen LogP contribution < -0.4 is 5.32 Å². The second-order valence-electron chi connectivity index (χ2n) is 6.42. The summed E-state index contributed by atoms with van der Waals surface area (Å²) in [6, 6.07) is 7.33. The van der Waals surface area contributed by atoms with Gasteiger partial charge in [0, 0.05) is 25.0 Å². The van der Waals surface area contributed by atoms with Crippen LogP contribution in [0, 0.1) is 13.8 Å². The van der Waals surface area contributed by atoms with Crippen molar-refractivity contribution in [1.29, 1.82) is 0 Å². The van der Waals surface area contributed by atoms with Crippen LogP contribution in [0.2, 0.25) is 0 Å². The van der Waals surface area contributed by atoms with Gasteiger partial charge in [0.15, 0.2) is 0 Å². The zero-order chi connectivity index (χ0) is 14.8. The number of aromatic nitrogens is 1. The van der Waals surface area contributed by atoms with Gasteiger partial charge in [-0.3, -0.25) is 0 Å². The third-order valence-corrected chi connectivity index (χ3v) is 4.85. The number of nitrogens with zero attached hydrogens (tertiary/aromatic N) is 1. The minimum atomic E-state index is 0.531. The largest absolute Gasteiger partial charge is 0.349 e. The summed E-state index contributed by atoms with van der Waals surface area (Å²) in [4.78, 5) is 0. The predicted octanol–water partition coefficient (Wildman–Crippen LogP) is 4.14. The van der Waals surface area contributed by atoms with Crippen molar-refractivity contribution >= 4 is 0 Å². The van der Waals surface area contributed by atoms with Gasteiger partial charge in [0.2, 0.25) is 0 Å². The fraction of sp³-hybridized carbons (Fsp3) is 0.474. The summed E-state index contributed by atoms with van der Waals surface area (Å²) in [5.74, 6) is 0. The lowest BCUT2D eigenvalue weighted by molar-refractivity contribution is 0.531. The Morgan fingerprint density at radius 2 is 2.00 bits per heavy atom. The summed E-state index contributed by atoms with van der Waals surface area (Å²) >= 11 is 0. The van der Waals surface area contributed by atoms with Crippen LogP contribution in [0.25, 0.3) is 0 Å². The number of aryl methyl sites for hydroxylation is 3. The molecule has 0 amide bonds. The Bertz CT molecular complexity index is 624. The molecule has 0 aliphatic heterocycles. The summed E-state index contributed by atoms with van der Waals surface area (Å²) in [6.07, 6.45) is 9.86. The Kier molecular flexibility index (Phi) is 4.16. The smallest absolute Gasteiger partial charge is 0.0470 e. The minimum absolute atomic E-state index is 0.531. The maximum atomic E-state index is 3.48. The second kappa shape index (κ2) is 6.07. The number of hydrogen-bond donors (Lipinski definition) is 1. The molecule has 112 valence electrons. The van der Waals surface area contributed by atoms with E-state index in [-0.39, 0.29) is 0 Å². The molecule has 2 nitrogen and oxygen atoms in total. The molecule has 21 heavy (non-hydrogen) atoms. The maximum absolute atomic E-state index is 3.48. The van der Waals surface area contributed by atoms with Gasteiger partial charge in [-0.15, -0.1) is 0 Å². The molecule has 2 aromatic rings. The normalized spacial score (nSPS) is 18.3. The average molecular weight is 282 g/mol. The van der Waals surface area contributed by atoms with Crippen LogP contribution in [0.4, 0.5) is 0 Å². The highest BCUT2D eigenvalue weighted by molar-refractivity contribution is 5.32. The van der Waals surface area contributed by atoms with Crippen LogP contribution in [-0.2, 0) is 13.0 Å². The molecule has 1 aromatic carbocycles. The van der Waals surface area contributed by atoms with E-state index in [1.807, 2.05) is 0 Å². The SMILES string of the molecule is CNC1CCCCc2cn(Cc3ccc(C)c(C)c3)cc21. The molecule has 1 heterocycles. The molecule has 1 aliphatic rings. The van der Waals surface area contributed by atoms with E-state index in [1.54, 1.807) is 0 Å². The first-order valence-electron chi connectivity index (χ1n) is 8.09. The van der Waals surface area contributed by atoms with E-state index in [1.165, 1.54) is 53.5 Å². The van der Waals surface area contributed by atoms with Crippen LogP contribution in [0.3, 0.4) is 0 Å². The van der Waals surface area contributed by atoms with E-state index in [4.69, 9.17) is 0 Å². The first-order chi connectivity index (χ1) is 10.2. The van der Waals surface area contributed by atoms with E-state index in [0.717, 1.165) is 6.54 Å². The lowest BCUT2D eigenvalue weighted by atomic mass is 10.1. The first-order valence-corrected chi connectivity index (χ1v) is 8.09. The molecule has 1 aromatic heterocycles. The van der Waals surface area contributed by atoms with Gasteiger partial charge < -0.3 is 9.88 Å². The molecule has 1 unspecified atom stereocenters. The molecule has 0 saturated carbocycles. The zero-order valence-electron chi connectivity index (χ0n) is 13.4. The van der Waals surface area contributed by atoms with E-state index in [9.17, 15) is 0 Å². The molecule has 0 fully saturated rings. The lowest BCUT2D eigenvalue weighted by Gasteiger charge is -2.13. The van der Waals surface area contributed by atoms with Crippen LogP contribution in [0.1, 0.15) is 53.1 Å². The third-order valence-electron chi connectivity index (χ3n) is 4.85. The molecule has 2 heteroatoms. The fourth-order valence-corrected chi connectivity index (χ4v) is 3.42. The summed E-state index contributed by atoms with van der Waals surface area (Å²) in [7, 11) is 2.08. The Balaban J connectivity index is 1.85. The summed E-state index contributed by atoms with van der Waals surface area (Å²) in [6.45, 7) is 5.35. The standard InChI is InChI=1S/C19H26N2/c1-14-8-9-16(10-15(14)2)11-21-12-17-6-4-5-7-19(20-3)18(17)13-21/h8-10,12-13,19-20H,4-7,11H2,1-3H3. The Labute approximate surface area is 128 Å². The molecule has 3 rings (SSSR count). The topological polar surface area (TPSA) is 17.0 Å². The number of rotatable bonds is 3. The van der Waals surface area contributed by atoms with Crippen molar-refractivity contribution < 1.29 is 0 Å². The first kappa shape index (κ1) is 14.4. The quantitative estimate of drug-likeness (QED) is 0.837. The molecule has 0 radical (unpaired) electrons. The van der Waals surface area contributed by atoms with E-state index >= 15 is 0 Å². The average Bonchev–Trinajstić information content (AvgIpc) is 2.76. The summed E-state index contributed by atoms with van der Waals surface area (Å²) < 4.78 is 2.37. The highest BCUT2D eigenvalue weighted by atomic mass is 15.0. The number of fused-ring (bicyclic) bond motifs is 1. The molecule has 1 atom stereocenters. The van der Waals surface area contributed by atoms with Crippen LogP contribution in [0.15, 0.2) is 30.6 Å². The van der Waals surface area contributed by atoms with Gasteiger partial charge in [-0.25, -0.2) is 0 Å². The Morgan fingerprint density at radius 3 is 2.76 bits per heavy atom. The number of hydrogen-bond acceptors (Lipinski definition) is 1. The monoisotopic (exact) mass is 282 g/mol. The van der Waals surface area contributed by atoms with Crippen molar-refractivity contribution in [2.45, 2.75) is 52.1 Å².